The summed E-state index contributed by atoms with van der Waals surface area (Å²) in [6.07, 6.45) is 0. The van der Waals surface area contributed by atoms with Crippen LogP contribution in [0.5, 0.6) is 0 Å². The fourth-order valence-corrected chi connectivity index (χ4v) is 1.39. The summed E-state index contributed by atoms with van der Waals surface area (Å²) < 4.78 is 5.06. The van der Waals surface area contributed by atoms with Gasteiger partial charge in [-0.3, -0.25) is 4.79 Å². The minimum atomic E-state index is -0.0875. The smallest absolute Gasteiger partial charge is 0.318 e. The van der Waals surface area contributed by atoms with Crippen molar-refractivity contribution in [3.63, 3.8) is 0 Å². The highest BCUT2D eigenvalue weighted by atomic mass is 32.2. The van der Waals surface area contributed by atoms with E-state index in [1.54, 1.807) is 11.8 Å². The van der Waals surface area contributed by atoms with Crippen molar-refractivity contribution in [2.24, 2.45) is 5.92 Å². The van der Waals surface area contributed by atoms with Gasteiger partial charge in [-0.05, 0) is 18.6 Å². The molecule has 0 aliphatic carbocycles. The third-order valence-electron chi connectivity index (χ3n) is 1.31. The van der Waals surface area contributed by atoms with Crippen LogP contribution >= 0.6 is 11.8 Å². The Labute approximate surface area is 79.1 Å². The summed E-state index contributed by atoms with van der Waals surface area (Å²) in [5, 5.41) is -0.0197. The van der Waals surface area contributed by atoms with Gasteiger partial charge in [0.05, 0.1) is 11.9 Å². The topological polar surface area (TPSA) is 26.3 Å². The van der Waals surface area contributed by atoms with E-state index in [0.29, 0.717) is 12.5 Å². The minimum Gasteiger partial charge on any atom is -0.465 e. The highest BCUT2D eigenvalue weighted by Crippen LogP contribution is 2.11. The van der Waals surface area contributed by atoms with Crippen LogP contribution in [0.4, 0.5) is 0 Å². The van der Waals surface area contributed by atoms with E-state index in [4.69, 9.17) is 4.74 Å². The van der Waals surface area contributed by atoms with Gasteiger partial charge in [0.2, 0.25) is 0 Å². The van der Waals surface area contributed by atoms with E-state index in [0.717, 1.165) is 5.75 Å². The van der Waals surface area contributed by atoms with Crippen molar-refractivity contribution < 1.29 is 9.53 Å². The van der Waals surface area contributed by atoms with Crippen molar-refractivity contribution in [1.82, 2.24) is 0 Å². The van der Waals surface area contributed by atoms with Crippen molar-refractivity contribution in [2.75, 3.05) is 12.4 Å². The van der Waals surface area contributed by atoms with Gasteiger partial charge in [0.25, 0.3) is 0 Å². The van der Waals surface area contributed by atoms with Gasteiger partial charge in [0.1, 0.15) is 0 Å². The van der Waals surface area contributed by atoms with Crippen molar-refractivity contribution in [3.05, 3.63) is 0 Å². The zero-order chi connectivity index (χ0) is 9.56. The first-order valence-corrected chi connectivity index (χ1v) is 5.41. The van der Waals surface area contributed by atoms with Crippen LogP contribution in [0.25, 0.3) is 0 Å². The number of carbonyl (C=O) groups is 1. The Hall–Kier alpha value is -0.180. The molecule has 0 fully saturated rings. The van der Waals surface area contributed by atoms with E-state index >= 15 is 0 Å². The molecule has 0 aliphatic heterocycles. The molecule has 0 saturated carbocycles. The van der Waals surface area contributed by atoms with Gasteiger partial charge in [0.15, 0.2) is 0 Å². The van der Waals surface area contributed by atoms with E-state index in [9.17, 15) is 4.79 Å². The molecule has 0 N–H and O–H groups in total. The van der Waals surface area contributed by atoms with Gasteiger partial charge in [-0.25, -0.2) is 0 Å². The molecule has 0 rings (SSSR count). The average Bonchev–Trinajstić information content (AvgIpc) is 2.00. The fraction of sp³-hybridized carbons (Fsp3) is 0.889. The number of hydrogen-bond donors (Lipinski definition) is 0. The number of thioether (sulfide) groups is 1. The van der Waals surface area contributed by atoms with Crippen molar-refractivity contribution in [2.45, 2.75) is 32.9 Å². The summed E-state index contributed by atoms with van der Waals surface area (Å²) in [7, 11) is 0. The molecule has 0 spiro atoms. The highest BCUT2D eigenvalue weighted by Gasteiger charge is 2.13. The molecule has 0 radical (unpaired) electrons. The second-order valence-electron chi connectivity index (χ2n) is 3.12. The summed E-state index contributed by atoms with van der Waals surface area (Å²) >= 11 is 1.62. The van der Waals surface area contributed by atoms with Crippen molar-refractivity contribution in [3.8, 4) is 0 Å². The van der Waals surface area contributed by atoms with Gasteiger partial charge in [-0.15, -0.1) is 11.8 Å². The molecule has 0 aliphatic rings. The maximum atomic E-state index is 11.2. The van der Waals surface area contributed by atoms with Gasteiger partial charge in [-0.1, -0.05) is 20.8 Å². The van der Waals surface area contributed by atoms with Crippen LogP contribution in [-0.2, 0) is 9.53 Å². The van der Waals surface area contributed by atoms with E-state index in [-0.39, 0.29) is 11.2 Å². The van der Waals surface area contributed by atoms with Crippen molar-refractivity contribution in [1.29, 1.82) is 0 Å². The molecular formula is C9H18O2S. The van der Waals surface area contributed by atoms with Crippen LogP contribution in [0.2, 0.25) is 0 Å². The molecule has 0 aromatic carbocycles. The van der Waals surface area contributed by atoms with Crippen LogP contribution in [0, 0.1) is 5.92 Å². The number of rotatable bonds is 5. The van der Waals surface area contributed by atoms with E-state index < -0.39 is 0 Å². The molecule has 12 heavy (non-hydrogen) atoms. The molecule has 1 unspecified atom stereocenters. The van der Waals surface area contributed by atoms with E-state index in [1.165, 1.54) is 0 Å². The van der Waals surface area contributed by atoms with Crippen LogP contribution in [0.15, 0.2) is 0 Å². The lowest BCUT2D eigenvalue weighted by Crippen LogP contribution is -2.19. The Morgan fingerprint density at radius 3 is 2.42 bits per heavy atom. The zero-order valence-electron chi connectivity index (χ0n) is 8.29. The maximum absolute atomic E-state index is 11.2. The second-order valence-corrected chi connectivity index (χ2v) is 4.74. The summed E-state index contributed by atoms with van der Waals surface area (Å²) in [5.74, 6) is 1.29. The van der Waals surface area contributed by atoms with Gasteiger partial charge >= 0.3 is 5.97 Å². The third kappa shape index (κ3) is 5.47. The van der Waals surface area contributed by atoms with E-state index in [2.05, 4.69) is 0 Å². The van der Waals surface area contributed by atoms with Gasteiger partial charge in [0, 0.05) is 0 Å². The number of ether oxygens (including phenoxy) is 1. The SMILES string of the molecule is CCSC(C)C(=O)OCC(C)C. The Morgan fingerprint density at radius 1 is 1.42 bits per heavy atom. The molecule has 72 valence electrons. The molecular weight excluding hydrogens is 172 g/mol. The monoisotopic (exact) mass is 190 g/mol. The van der Waals surface area contributed by atoms with Crippen molar-refractivity contribution >= 4 is 17.7 Å². The lowest BCUT2D eigenvalue weighted by atomic mass is 10.2. The Bertz CT molecular complexity index is 134. The molecule has 0 aromatic rings. The zero-order valence-corrected chi connectivity index (χ0v) is 9.11. The molecule has 0 saturated heterocycles. The largest absolute Gasteiger partial charge is 0.465 e. The Balaban J connectivity index is 3.57. The standard InChI is InChI=1S/C9H18O2S/c1-5-12-8(4)9(10)11-6-7(2)3/h7-8H,5-6H2,1-4H3. The quantitative estimate of drug-likeness (QED) is 0.622. The molecule has 0 bridgehead atoms. The Morgan fingerprint density at radius 2 is 2.00 bits per heavy atom. The summed E-state index contributed by atoms with van der Waals surface area (Å²) in [6.45, 7) is 8.52. The van der Waals surface area contributed by atoms with Crippen LogP contribution < -0.4 is 0 Å². The fourth-order valence-electron chi connectivity index (χ4n) is 0.684. The predicted molar refractivity (Wildman–Crippen MR) is 53.4 cm³/mol. The van der Waals surface area contributed by atoms with Gasteiger partial charge < -0.3 is 4.74 Å². The molecule has 0 amide bonds. The lowest BCUT2D eigenvalue weighted by Gasteiger charge is -2.11. The maximum Gasteiger partial charge on any atom is 0.318 e. The number of esters is 1. The third-order valence-corrected chi connectivity index (χ3v) is 2.33. The van der Waals surface area contributed by atoms with E-state index in [1.807, 2.05) is 27.7 Å². The Kier molecular flexibility index (Phi) is 6.25. The second kappa shape index (κ2) is 6.35. The van der Waals surface area contributed by atoms with Crippen LogP contribution in [0.1, 0.15) is 27.7 Å². The molecule has 0 aromatic heterocycles. The average molecular weight is 190 g/mol. The molecule has 2 nitrogen and oxygen atoms in total. The first kappa shape index (κ1) is 11.8. The molecule has 1 atom stereocenters. The first-order chi connectivity index (χ1) is 5.57. The summed E-state index contributed by atoms with van der Waals surface area (Å²) in [4.78, 5) is 11.2. The predicted octanol–water partition coefficient (Wildman–Crippen LogP) is 2.33. The molecule has 0 heterocycles. The first-order valence-electron chi connectivity index (χ1n) is 4.36. The molecule has 3 heteroatoms. The minimum absolute atomic E-state index is 0.0197. The van der Waals surface area contributed by atoms with Gasteiger partial charge in [-0.2, -0.15) is 0 Å². The number of hydrogen-bond acceptors (Lipinski definition) is 3. The summed E-state index contributed by atoms with van der Waals surface area (Å²) in [5.41, 5.74) is 0. The highest BCUT2D eigenvalue weighted by molar-refractivity contribution is 8.00. The number of carbonyl (C=O) groups excluding carboxylic acids is 1. The van der Waals surface area contributed by atoms with Crippen LogP contribution in [0.3, 0.4) is 0 Å². The summed E-state index contributed by atoms with van der Waals surface area (Å²) in [6, 6.07) is 0. The normalized spacial score (nSPS) is 13.1. The lowest BCUT2D eigenvalue weighted by molar-refractivity contribution is -0.143. The van der Waals surface area contributed by atoms with Crippen LogP contribution in [-0.4, -0.2) is 23.6 Å².